The molecule has 0 aliphatic rings. The number of carboxylic acids is 1. The summed E-state index contributed by atoms with van der Waals surface area (Å²) in [5.41, 5.74) is 2.38. The number of rotatable bonds is 8. The number of carboxylic acid groups (broad SMARTS) is 1. The van der Waals surface area contributed by atoms with Crippen molar-refractivity contribution < 1.29 is 19.4 Å². The third kappa shape index (κ3) is 6.14. The standard InChI is InChI=1S/C22H18Cl2N2O4/c23-16-5-7-17(8-6-16)26-21(27)13-30-20-9-4-14(10-19(20)24)12-25-18-3-1-2-15(11-18)22(28)29/h1-11,25H,12-13H2,(H,26,27)(H,28,29). The van der Waals surface area contributed by atoms with Crippen LogP contribution in [0.2, 0.25) is 10.0 Å². The van der Waals surface area contributed by atoms with Gasteiger partial charge in [-0.1, -0.05) is 35.3 Å². The number of halogens is 2. The van der Waals surface area contributed by atoms with Crippen LogP contribution < -0.4 is 15.4 Å². The number of anilines is 2. The third-order valence-electron chi connectivity index (χ3n) is 4.09. The second-order valence-corrected chi connectivity index (χ2v) is 7.19. The first-order valence-corrected chi connectivity index (χ1v) is 9.70. The molecule has 8 heteroatoms. The molecule has 3 aromatic carbocycles. The van der Waals surface area contributed by atoms with Crippen molar-refractivity contribution in [3.63, 3.8) is 0 Å². The summed E-state index contributed by atoms with van der Waals surface area (Å²) in [6, 6.07) is 18.5. The molecule has 0 heterocycles. The molecule has 0 bridgehead atoms. The van der Waals surface area contributed by atoms with Gasteiger partial charge in [0, 0.05) is 22.9 Å². The van der Waals surface area contributed by atoms with Gasteiger partial charge in [0.25, 0.3) is 5.91 Å². The van der Waals surface area contributed by atoms with E-state index in [1.165, 1.54) is 6.07 Å². The normalized spacial score (nSPS) is 10.3. The van der Waals surface area contributed by atoms with Crippen LogP contribution in [-0.4, -0.2) is 23.6 Å². The average molecular weight is 445 g/mol. The quantitative estimate of drug-likeness (QED) is 0.437. The number of benzene rings is 3. The van der Waals surface area contributed by atoms with Crippen molar-refractivity contribution in [1.29, 1.82) is 0 Å². The highest BCUT2D eigenvalue weighted by Crippen LogP contribution is 2.26. The number of carbonyl (C=O) groups is 2. The molecule has 1 amide bonds. The Morgan fingerprint density at radius 3 is 2.40 bits per heavy atom. The van der Waals surface area contributed by atoms with Crippen LogP contribution in [0, 0.1) is 0 Å². The van der Waals surface area contributed by atoms with Gasteiger partial charge in [0.05, 0.1) is 10.6 Å². The van der Waals surface area contributed by atoms with Gasteiger partial charge in [0.1, 0.15) is 5.75 Å². The Hall–Kier alpha value is -3.22. The van der Waals surface area contributed by atoms with E-state index in [9.17, 15) is 9.59 Å². The number of ether oxygens (including phenoxy) is 1. The molecule has 6 nitrogen and oxygen atoms in total. The SMILES string of the molecule is O=C(COc1ccc(CNc2cccc(C(=O)O)c2)cc1Cl)Nc1ccc(Cl)cc1. The minimum atomic E-state index is -0.983. The van der Waals surface area contributed by atoms with Crippen LogP contribution in [0.15, 0.2) is 66.7 Å². The Morgan fingerprint density at radius 2 is 1.70 bits per heavy atom. The van der Waals surface area contributed by atoms with Gasteiger partial charge in [-0.05, 0) is 60.2 Å². The summed E-state index contributed by atoms with van der Waals surface area (Å²) < 4.78 is 5.50. The molecule has 0 aliphatic carbocycles. The molecule has 0 aliphatic heterocycles. The highest BCUT2D eigenvalue weighted by molar-refractivity contribution is 6.32. The molecule has 0 radical (unpaired) electrons. The van der Waals surface area contributed by atoms with E-state index in [0.29, 0.717) is 33.7 Å². The first kappa shape index (κ1) is 21.5. The summed E-state index contributed by atoms with van der Waals surface area (Å²) in [6.45, 7) is 0.252. The van der Waals surface area contributed by atoms with E-state index >= 15 is 0 Å². The van der Waals surface area contributed by atoms with Gasteiger partial charge in [0.15, 0.2) is 6.61 Å². The van der Waals surface area contributed by atoms with E-state index in [4.69, 9.17) is 33.0 Å². The van der Waals surface area contributed by atoms with E-state index in [2.05, 4.69) is 10.6 Å². The second kappa shape index (κ2) is 10.0. The Morgan fingerprint density at radius 1 is 0.933 bits per heavy atom. The summed E-state index contributed by atoms with van der Waals surface area (Å²) >= 11 is 12.1. The zero-order valence-corrected chi connectivity index (χ0v) is 17.2. The summed E-state index contributed by atoms with van der Waals surface area (Å²) in [5, 5.41) is 15.9. The number of carbonyl (C=O) groups excluding carboxylic acids is 1. The first-order valence-electron chi connectivity index (χ1n) is 8.94. The topological polar surface area (TPSA) is 87.7 Å². The van der Waals surface area contributed by atoms with Crippen molar-refractivity contribution in [2.24, 2.45) is 0 Å². The van der Waals surface area contributed by atoms with E-state index in [1.807, 2.05) is 6.07 Å². The molecule has 0 aromatic heterocycles. The zero-order chi connectivity index (χ0) is 21.5. The number of amides is 1. The Balaban J connectivity index is 1.53. The summed E-state index contributed by atoms with van der Waals surface area (Å²) in [5.74, 6) is -0.916. The van der Waals surface area contributed by atoms with Crippen molar-refractivity contribution in [1.82, 2.24) is 0 Å². The van der Waals surface area contributed by atoms with Crippen molar-refractivity contribution >= 4 is 46.5 Å². The number of hydrogen-bond donors (Lipinski definition) is 3. The molecule has 0 saturated heterocycles. The van der Waals surface area contributed by atoms with Crippen molar-refractivity contribution in [3.8, 4) is 5.75 Å². The lowest BCUT2D eigenvalue weighted by molar-refractivity contribution is -0.118. The third-order valence-corrected chi connectivity index (χ3v) is 4.64. The highest BCUT2D eigenvalue weighted by atomic mass is 35.5. The molecule has 154 valence electrons. The maximum Gasteiger partial charge on any atom is 0.335 e. The molecular formula is C22H18Cl2N2O4. The smallest absolute Gasteiger partial charge is 0.335 e. The van der Waals surface area contributed by atoms with Crippen LogP contribution in [0.3, 0.4) is 0 Å². The average Bonchev–Trinajstić information content (AvgIpc) is 2.73. The van der Waals surface area contributed by atoms with E-state index in [-0.39, 0.29) is 18.1 Å². The molecule has 3 rings (SSSR count). The highest BCUT2D eigenvalue weighted by Gasteiger charge is 2.08. The van der Waals surface area contributed by atoms with Gasteiger partial charge in [-0.25, -0.2) is 4.79 Å². The van der Waals surface area contributed by atoms with Crippen molar-refractivity contribution in [2.45, 2.75) is 6.54 Å². The van der Waals surface area contributed by atoms with Gasteiger partial charge in [-0.3, -0.25) is 4.79 Å². The lowest BCUT2D eigenvalue weighted by atomic mass is 10.2. The fraction of sp³-hybridized carbons (Fsp3) is 0.0909. The molecule has 0 fully saturated rings. The molecule has 30 heavy (non-hydrogen) atoms. The summed E-state index contributed by atoms with van der Waals surface area (Å²) in [6.07, 6.45) is 0. The molecule has 3 N–H and O–H groups in total. The van der Waals surface area contributed by atoms with E-state index in [0.717, 1.165) is 5.56 Å². The zero-order valence-electron chi connectivity index (χ0n) is 15.7. The van der Waals surface area contributed by atoms with Crippen molar-refractivity contribution in [3.05, 3.63) is 87.9 Å². The molecule has 0 spiro atoms. The summed E-state index contributed by atoms with van der Waals surface area (Å²) in [7, 11) is 0. The minimum absolute atomic E-state index is 0.193. The number of hydrogen-bond acceptors (Lipinski definition) is 4. The van der Waals surface area contributed by atoms with Crippen LogP contribution >= 0.6 is 23.2 Å². The molecule has 0 atom stereocenters. The van der Waals surface area contributed by atoms with Crippen LogP contribution in [-0.2, 0) is 11.3 Å². The second-order valence-electron chi connectivity index (χ2n) is 6.35. The van der Waals surface area contributed by atoms with Crippen LogP contribution in [0.5, 0.6) is 5.75 Å². The first-order chi connectivity index (χ1) is 14.4. The fourth-order valence-corrected chi connectivity index (χ4v) is 2.99. The maximum atomic E-state index is 12.0. The predicted octanol–water partition coefficient (Wildman–Crippen LogP) is 5.32. The monoisotopic (exact) mass is 444 g/mol. The molecule has 3 aromatic rings. The van der Waals surface area contributed by atoms with Crippen LogP contribution in [0.4, 0.5) is 11.4 Å². The predicted molar refractivity (Wildman–Crippen MR) is 118 cm³/mol. The molecular weight excluding hydrogens is 427 g/mol. The van der Waals surface area contributed by atoms with Crippen LogP contribution in [0.25, 0.3) is 0 Å². The number of aromatic carboxylic acids is 1. The maximum absolute atomic E-state index is 12.0. The lowest BCUT2D eigenvalue weighted by Crippen LogP contribution is -2.20. The van der Waals surface area contributed by atoms with Gasteiger partial charge in [0.2, 0.25) is 0 Å². The Labute approximate surface area is 183 Å². The lowest BCUT2D eigenvalue weighted by Gasteiger charge is -2.11. The van der Waals surface area contributed by atoms with E-state index in [1.54, 1.807) is 54.6 Å². The molecule has 0 unspecified atom stereocenters. The van der Waals surface area contributed by atoms with Gasteiger partial charge in [-0.2, -0.15) is 0 Å². The summed E-state index contributed by atoms with van der Waals surface area (Å²) in [4.78, 5) is 23.1. The van der Waals surface area contributed by atoms with Gasteiger partial charge in [-0.15, -0.1) is 0 Å². The van der Waals surface area contributed by atoms with E-state index < -0.39 is 5.97 Å². The fourth-order valence-electron chi connectivity index (χ4n) is 2.61. The molecule has 0 saturated carbocycles. The Kier molecular flexibility index (Phi) is 7.17. The largest absolute Gasteiger partial charge is 0.482 e. The van der Waals surface area contributed by atoms with Gasteiger partial charge < -0.3 is 20.5 Å². The van der Waals surface area contributed by atoms with Crippen LogP contribution in [0.1, 0.15) is 15.9 Å². The minimum Gasteiger partial charge on any atom is -0.482 e. The van der Waals surface area contributed by atoms with Gasteiger partial charge >= 0.3 is 5.97 Å². The number of nitrogens with one attached hydrogen (secondary N) is 2. The van der Waals surface area contributed by atoms with Crippen molar-refractivity contribution in [2.75, 3.05) is 17.2 Å². The Bertz CT molecular complexity index is 1060.